The van der Waals surface area contributed by atoms with Crippen LogP contribution in [0, 0.1) is 0 Å². The van der Waals surface area contributed by atoms with E-state index in [9.17, 15) is 0 Å². The van der Waals surface area contributed by atoms with E-state index < -0.39 is 0 Å². The summed E-state index contributed by atoms with van der Waals surface area (Å²) >= 11 is 1.98. The number of fused-ring (bicyclic) bond motifs is 5. The first-order valence-electron chi connectivity index (χ1n) is 4.02. The molecule has 0 unspecified atom stereocenters. The van der Waals surface area contributed by atoms with Crippen LogP contribution in [-0.4, -0.2) is 0 Å². The zero-order valence-electron chi connectivity index (χ0n) is 5.84. The standard InChI is InChI=1S/C9H10S/c1-2-7-5-6(1)8-3-4-10-9(7)8/h3-4,6-7H,1-2,5H2/t6-,7-/m0/s1. The molecule has 0 radical (unpaired) electrons. The molecule has 0 N–H and O–H groups in total. The molecule has 2 bridgehead atoms. The van der Waals surface area contributed by atoms with Crippen molar-refractivity contribution < 1.29 is 0 Å². The molecule has 0 spiro atoms. The third-order valence-corrected chi connectivity index (χ3v) is 4.07. The maximum Gasteiger partial charge on any atom is 0.0111 e. The molecule has 1 aromatic rings. The van der Waals surface area contributed by atoms with Crippen molar-refractivity contribution in [1.29, 1.82) is 0 Å². The molecule has 0 aromatic carbocycles. The van der Waals surface area contributed by atoms with Crippen LogP contribution >= 0.6 is 11.3 Å². The zero-order chi connectivity index (χ0) is 6.55. The average molecular weight is 150 g/mol. The van der Waals surface area contributed by atoms with Crippen LogP contribution in [0.25, 0.3) is 0 Å². The average Bonchev–Trinajstić information content (AvgIpc) is 2.60. The van der Waals surface area contributed by atoms with Crippen LogP contribution in [0.3, 0.4) is 0 Å². The van der Waals surface area contributed by atoms with Crippen molar-refractivity contribution in [3.8, 4) is 0 Å². The molecule has 0 amide bonds. The first-order valence-corrected chi connectivity index (χ1v) is 4.90. The van der Waals surface area contributed by atoms with Gasteiger partial charge in [-0.2, -0.15) is 0 Å². The number of thiophene rings is 1. The summed E-state index contributed by atoms with van der Waals surface area (Å²) in [5.41, 5.74) is 1.70. The molecule has 10 heavy (non-hydrogen) atoms. The molecule has 2 atom stereocenters. The van der Waals surface area contributed by atoms with E-state index in [0.717, 1.165) is 11.8 Å². The highest BCUT2D eigenvalue weighted by Crippen LogP contribution is 2.54. The van der Waals surface area contributed by atoms with Gasteiger partial charge in [0.1, 0.15) is 0 Å². The Balaban J connectivity index is 2.25. The van der Waals surface area contributed by atoms with Crippen molar-refractivity contribution in [2.75, 3.05) is 0 Å². The van der Waals surface area contributed by atoms with Gasteiger partial charge in [0.05, 0.1) is 0 Å². The van der Waals surface area contributed by atoms with E-state index in [0.29, 0.717) is 0 Å². The van der Waals surface area contributed by atoms with E-state index in [-0.39, 0.29) is 0 Å². The molecule has 1 aromatic heterocycles. The van der Waals surface area contributed by atoms with Crippen molar-refractivity contribution in [3.63, 3.8) is 0 Å². The largest absolute Gasteiger partial charge is 0.148 e. The van der Waals surface area contributed by atoms with Gasteiger partial charge in [0.2, 0.25) is 0 Å². The van der Waals surface area contributed by atoms with E-state index in [1.165, 1.54) is 19.3 Å². The Bertz CT molecular complexity index is 237. The van der Waals surface area contributed by atoms with Crippen molar-refractivity contribution in [1.82, 2.24) is 0 Å². The third kappa shape index (κ3) is 0.485. The summed E-state index contributed by atoms with van der Waals surface area (Å²) in [6, 6.07) is 2.34. The molecule has 0 saturated heterocycles. The number of hydrogen-bond acceptors (Lipinski definition) is 1. The van der Waals surface area contributed by atoms with Gasteiger partial charge in [0.15, 0.2) is 0 Å². The second-order valence-corrected chi connectivity index (χ2v) is 4.39. The van der Waals surface area contributed by atoms with Gasteiger partial charge in [0.25, 0.3) is 0 Å². The minimum atomic E-state index is 0.964. The van der Waals surface area contributed by atoms with Gasteiger partial charge in [0, 0.05) is 4.88 Å². The molecule has 1 heteroatoms. The first-order chi connectivity index (χ1) is 4.95. The van der Waals surface area contributed by atoms with E-state index in [4.69, 9.17) is 0 Å². The Morgan fingerprint density at radius 2 is 2.20 bits per heavy atom. The molecule has 3 rings (SSSR count). The lowest BCUT2D eigenvalue weighted by Crippen LogP contribution is -1.91. The van der Waals surface area contributed by atoms with Crippen LogP contribution in [0.2, 0.25) is 0 Å². The van der Waals surface area contributed by atoms with Crippen LogP contribution in [0.4, 0.5) is 0 Å². The summed E-state index contributed by atoms with van der Waals surface area (Å²) in [7, 11) is 0. The Kier molecular flexibility index (Phi) is 0.883. The predicted molar refractivity (Wildman–Crippen MR) is 43.7 cm³/mol. The summed E-state index contributed by atoms with van der Waals surface area (Å²) in [5, 5.41) is 2.26. The Morgan fingerprint density at radius 3 is 3.10 bits per heavy atom. The summed E-state index contributed by atoms with van der Waals surface area (Å²) in [5.74, 6) is 1.94. The van der Waals surface area contributed by atoms with Gasteiger partial charge < -0.3 is 0 Å². The second-order valence-electron chi connectivity index (χ2n) is 3.45. The highest BCUT2D eigenvalue weighted by atomic mass is 32.1. The van der Waals surface area contributed by atoms with Gasteiger partial charge in [-0.3, -0.25) is 0 Å². The fraction of sp³-hybridized carbons (Fsp3) is 0.556. The van der Waals surface area contributed by atoms with Crippen molar-refractivity contribution in [2.24, 2.45) is 0 Å². The predicted octanol–water partition coefficient (Wildman–Crippen LogP) is 3.11. The van der Waals surface area contributed by atoms with E-state index in [2.05, 4.69) is 11.4 Å². The molecule has 0 aliphatic heterocycles. The molecule has 1 saturated carbocycles. The molecular formula is C9H10S. The SMILES string of the molecule is c1cc2c(s1)[C@H]1CC[C@H]2C1. The van der Waals surface area contributed by atoms with Crippen LogP contribution in [0.1, 0.15) is 41.5 Å². The van der Waals surface area contributed by atoms with E-state index in [1.54, 1.807) is 10.4 Å². The van der Waals surface area contributed by atoms with E-state index in [1.807, 2.05) is 11.3 Å². The van der Waals surface area contributed by atoms with Gasteiger partial charge in [-0.1, -0.05) is 0 Å². The van der Waals surface area contributed by atoms with Gasteiger partial charge in [-0.05, 0) is 48.1 Å². The molecule has 1 fully saturated rings. The summed E-state index contributed by atoms with van der Waals surface area (Å²) in [6.45, 7) is 0. The Hall–Kier alpha value is -0.300. The third-order valence-electron chi connectivity index (χ3n) is 2.97. The topological polar surface area (TPSA) is 0 Å². The van der Waals surface area contributed by atoms with Crippen LogP contribution in [-0.2, 0) is 0 Å². The van der Waals surface area contributed by atoms with E-state index >= 15 is 0 Å². The number of rotatable bonds is 0. The van der Waals surface area contributed by atoms with Gasteiger partial charge in [-0.15, -0.1) is 11.3 Å². The highest BCUT2D eigenvalue weighted by molar-refractivity contribution is 7.10. The van der Waals surface area contributed by atoms with Crippen molar-refractivity contribution in [3.05, 3.63) is 21.9 Å². The Labute approximate surface area is 64.9 Å². The summed E-state index contributed by atoms with van der Waals surface area (Å²) < 4.78 is 0. The monoisotopic (exact) mass is 150 g/mol. The molecular weight excluding hydrogens is 140 g/mol. The summed E-state index contributed by atoms with van der Waals surface area (Å²) in [4.78, 5) is 1.72. The van der Waals surface area contributed by atoms with Crippen molar-refractivity contribution in [2.45, 2.75) is 31.1 Å². The smallest absolute Gasteiger partial charge is 0.0111 e. The fourth-order valence-electron chi connectivity index (χ4n) is 2.50. The lowest BCUT2D eigenvalue weighted by molar-refractivity contribution is 0.728. The summed E-state index contributed by atoms with van der Waals surface area (Å²) in [6.07, 6.45) is 4.41. The zero-order valence-corrected chi connectivity index (χ0v) is 6.66. The second kappa shape index (κ2) is 1.65. The lowest BCUT2D eigenvalue weighted by Gasteiger charge is -2.08. The van der Waals surface area contributed by atoms with Gasteiger partial charge in [-0.25, -0.2) is 0 Å². The highest BCUT2D eigenvalue weighted by Gasteiger charge is 2.37. The van der Waals surface area contributed by atoms with Crippen molar-refractivity contribution >= 4 is 11.3 Å². The van der Waals surface area contributed by atoms with Crippen LogP contribution in [0.15, 0.2) is 11.4 Å². The molecule has 0 nitrogen and oxygen atoms in total. The molecule has 2 aliphatic carbocycles. The molecule has 2 aliphatic rings. The quantitative estimate of drug-likeness (QED) is 0.533. The van der Waals surface area contributed by atoms with Gasteiger partial charge >= 0.3 is 0 Å². The maximum absolute atomic E-state index is 2.34. The number of hydrogen-bond donors (Lipinski definition) is 0. The minimum absolute atomic E-state index is 0.964. The first kappa shape index (κ1) is 5.36. The molecule has 52 valence electrons. The van der Waals surface area contributed by atoms with Crippen LogP contribution in [0.5, 0.6) is 0 Å². The maximum atomic E-state index is 2.34. The Morgan fingerprint density at radius 1 is 1.30 bits per heavy atom. The normalized spacial score (nSPS) is 34.8. The lowest BCUT2D eigenvalue weighted by atomic mass is 9.99. The van der Waals surface area contributed by atoms with Crippen LogP contribution < -0.4 is 0 Å². The fourth-order valence-corrected chi connectivity index (χ4v) is 3.64. The minimum Gasteiger partial charge on any atom is -0.148 e. The molecule has 1 heterocycles.